The SMILES string of the molecule is Cl.Cn1c(-c2ccc(Cl)c(OCc3ccccc3C(F)(F)F)c2)nc2ccc(C(C)(C)C)cc21. The number of alkyl halides is 3. The average molecular weight is 509 g/mol. The highest BCUT2D eigenvalue weighted by Crippen LogP contribution is 2.35. The minimum Gasteiger partial charge on any atom is -0.487 e. The van der Waals surface area contributed by atoms with Gasteiger partial charge in [0.15, 0.2) is 0 Å². The first-order valence-corrected chi connectivity index (χ1v) is 10.9. The molecule has 0 amide bonds. The van der Waals surface area contributed by atoms with Crippen LogP contribution in [0.1, 0.15) is 37.5 Å². The van der Waals surface area contributed by atoms with Crippen molar-refractivity contribution in [2.45, 2.75) is 39.0 Å². The predicted octanol–water partition coefficient (Wildman–Crippen LogP) is 8.21. The zero-order valence-electron chi connectivity index (χ0n) is 19.2. The second-order valence-electron chi connectivity index (χ2n) is 9.04. The monoisotopic (exact) mass is 508 g/mol. The molecule has 0 saturated carbocycles. The summed E-state index contributed by atoms with van der Waals surface area (Å²) >= 11 is 6.29. The van der Waals surface area contributed by atoms with Crippen LogP contribution < -0.4 is 4.74 Å². The number of nitrogens with zero attached hydrogens (tertiary/aromatic N) is 2. The normalized spacial score (nSPS) is 12.0. The molecule has 4 rings (SSSR count). The summed E-state index contributed by atoms with van der Waals surface area (Å²) < 4.78 is 47.6. The van der Waals surface area contributed by atoms with E-state index >= 15 is 0 Å². The number of rotatable bonds is 4. The lowest BCUT2D eigenvalue weighted by Gasteiger charge is -2.18. The molecule has 0 aliphatic rings. The Morgan fingerprint density at radius 1 is 0.971 bits per heavy atom. The molecular weight excluding hydrogens is 484 g/mol. The number of imidazole rings is 1. The summed E-state index contributed by atoms with van der Waals surface area (Å²) in [5.41, 5.74) is 3.15. The zero-order chi connectivity index (χ0) is 24.0. The summed E-state index contributed by atoms with van der Waals surface area (Å²) in [5.74, 6) is 1.02. The standard InChI is InChI=1S/C26H24ClF3N2O.ClH/c1-25(2,3)18-10-12-21-22(14-18)32(4)24(31-21)16-9-11-20(27)23(13-16)33-15-17-7-5-6-8-19(17)26(28,29)30;/h5-14H,15H2,1-4H3;1H. The zero-order valence-corrected chi connectivity index (χ0v) is 20.8. The molecule has 1 aromatic heterocycles. The van der Waals surface area contributed by atoms with Crippen LogP contribution in [0.15, 0.2) is 60.7 Å². The van der Waals surface area contributed by atoms with E-state index in [0.717, 1.165) is 22.7 Å². The van der Waals surface area contributed by atoms with Gasteiger partial charge in [-0.2, -0.15) is 13.2 Å². The number of halogens is 5. The lowest BCUT2D eigenvalue weighted by atomic mass is 9.87. The third-order valence-electron chi connectivity index (χ3n) is 5.64. The van der Waals surface area contributed by atoms with Gasteiger partial charge in [-0.25, -0.2) is 4.98 Å². The third-order valence-corrected chi connectivity index (χ3v) is 5.95. The molecule has 0 radical (unpaired) electrons. The summed E-state index contributed by atoms with van der Waals surface area (Å²) in [6.07, 6.45) is -4.45. The molecule has 180 valence electrons. The molecule has 3 aromatic carbocycles. The van der Waals surface area contributed by atoms with Crippen LogP contribution in [0.25, 0.3) is 22.4 Å². The van der Waals surface area contributed by atoms with Crippen LogP contribution in [0.4, 0.5) is 13.2 Å². The fraction of sp³-hybridized carbons (Fsp3) is 0.269. The summed E-state index contributed by atoms with van der Waals surface area (Å²) in [7, 11) is 1.94. The van der Waals surface area contributed by atoms with Gasteiger partial charge in [-0.3, -0.25) is 0 Å². The molecule has 0 aliphatic heterocycles. The molecular formula is C26H25Cl2F3N2O. The van der Waals surface area contributed by atoms with Gasteiger partial charge in [-0.15, -0.1) is 12.4 Å². The topological polar surface area (TPSA) is 27.1 Å². The number of fused-ring (bicyclic) bond motifs is 1. The first-order valence-electron chi connectivity index (χ1n) is 10.5. The van der Waals surface area contributed by atoms with Crippen LogP contribution in [0.2, 0.25) is 5.02 Å². The number of aromatic nitrogens is 2. The fourth-order valence-electron chi connectivity index (χ4n) is 3.75. The third kappa shape index (κ3) is 5.18. The molecule has 4 aromatic rings. The molecule has 0 N–H and O–H groups in total. The van der Waals surface area contributed by atoms with Crippen LogP contribution >= 0.6 is 24.0 Å². The Morgan fingerprint density at radius 3 is 2.35 bits per heavy atom. The van der Waals surface area contributed by atoms with Gasteiger partial charge >= 0.3 is 6.18 Å². The molecule has 0 bridgehead atoms. The van der Waals surface area contributed by atoms with Crippen molar-refractivity contribution in [3.63, 3.8) is 0 Å². The van der Waals surface area contributed by atoms with Gasteiger partial charge in [0.2, 0.25) is 0 Å². The first-order chi connectivity index (χ1) is 15.4. The molecule has 8 heteroatoms. The second kappa shape index (κ2) is 9.51. The van der Waals surface area contributed by atoms with Crippen LogP contribution in [0.3, 0.4) is 0 Å². The van der Waals surface area contributed by atoms with Crippen molar-refractivity contribution < 1.29 is 17.9 Å². The minimum atomic E-state index is -4.45. The van der Waals surface area contributed by atoms with E-state index in [-0.39, 0.29) is 30.0 Å². The molecule has 1 heterocycles. The van der Waals surface area contributed by atoms with Crippen molar-refractivity contribution in [3.8, 4) is 17.1 Å². The largest absolute Gasteiger partial charge is 0.487 e. The van der Waals surface area contributed by atoms with E-state index in [1.165, 1.54) is 17.7 Å². The van der Waals surface area contributed by atoms with Gasteiger partial charge in [0.05, 0.1) is 21.6 Å². The Bertz CT molecular complexity index is 1320. The number of benzene rings is 3. The average Bonchev–Trinajstić information content (AvgIpc) is 3.08. The Balaban J connectivity index is 0.00000324. The van der Waals surface area contributed by atoms with Crippen LogP contribution in [0, 0.1) is 0 Å². The maximum absolute atomic E-state index is 13.3. The quantitative estimate of drug-likeness (QED) is 0.277. The lowest BCUT2D eigenvalue weighted by Crippen LogP contribution is -2.11. The van der Waals surface area contributed by atoms with E-state index < -0.39 is 11.7 Å². The van der Waals surface area contributed by atoms with E-state index in [0.29, 0.717) is 16.6 Å². The number of hydrogen-bond acceptors (Lipinski definition) is 2. The molecule has 0 unspecified atom stereocenters. The van der Waals surface area contributed by atoms with Crippen LogP contribution in [-0.4, -0.2) is 9.55 Å². The minimum absolute atomic E-state index is 0. The molecule has 0 aliphatic carbocycles. The number of ether oxygens (including phenoxy) is 1. The van der Waals surface area contributed by atoms with Gasteiger partial charge in [0.25, 0.3) is 0 Å². The van der Waals surface area contributed by atoms with Crippen molar-refractivity contribution in [2.75, 3.05) is 0 Å². The molecule has 3 nitrogen and oxygen atoms in total. The maximum atomic E-state index is 13.3. The van der Waals surface area contributed by atoms with Crippen molar-refractivity contribution in [3.05, 3.63) is 82.4 Å². The van der Waals surface area contributed by atoms with E-state index in [1.54, 1.807) is 18.2 Å². The molecule has 0 fully saturated rings. The van der Waals surface area contributed by atoms with Gasteiger partial charge in [0.1, 0.15) is 18.2 Å². The Hall–Kier alpha value is -2.70. The summed E-state index contributed by atoms with van der Waals surface area (Å²) in [5, 5.41) is 0.317. The molecule has 0 spiro atoms. The molecule has 0 atom stereocenters. The lowest BCUT2D eigenvalue weighted by molar-refractivity contribution is -0.138. The Kier molecular flexibility index (Phi) is 7.25. The predicted molar refractivity (Wildman–Crippen MR) is 133 cm³/mol. The van der Waals surface area contributed by atoms with Gasteiger partial charge < -0.3 is 9.30 Å². The summed E-state index contributed by atoms with van der Waals surface area (Å²) in [4.78, 5) is 4.76. The van der Waals surface area contributed by atoms with Gasteiger partial charge in [-0.05, 0) is 47.4 Å². The highest BCUT2D eigenvalue weighted by atomic mass is 35.5. The first kappa shape index (κ1) is 25.9. The number of hydrogen-bond donors (Lipinski definition) is 0. The van der Waals surface area contributed by atoms with E-state index in [2.05, 4.69) is 32.9 Å². The second-order valence-corrected chi connectivity index (χ2v) is 9.44. The Morgan fingerprint density at radius 2 is 1.68 bits per heavy atom. The van der Waals surface area contributed by atoms with Crippen molar-refractivity contribution in [1.29, 1.82) is 0 Å². The highest BCUT2D eigenvalue weighted by molar-refractivity contribution is 6.32. The van der Waals surface area contributed by atoms with Crippen molar-refractivity contribution >= 4 is 35.0 Å². The van der Waals surface area contributed by atoms with E-state index in [1.807, 2.05) is 23.7 Å². The smallest absolute Gasteiger partial charge is 0.416 e. The van der Waals surface area contributed by atoms with E-state index in [4.69, 9.17) is 21.3 Å². The molecule has 34 heavy (non-hydrogen) atoms. The van der Waals surface area contributed by atoms with Gasteiger partial charge in [-0.1, -0.05) is 56.6 Å². The summed E-state index contributed by atoms with van der Waals surface area (Å²) in [6.45, 7) is 6.22. The molecule has 0 saturated heterocycles. The highest BCUT2D eigenvalue weighted by Gasteiger charge is 2.33. The maximum Gasteiger partial charge on any atom is 0.416 e. The Labute approximate surface area is 207 Å². The van der Waals surface area contributed by atoms with E-state index in [9.17, 15) is 13.2 Å². The van der Waals surface area contributed by atoms with Crippen LogP contribution in [-0.2, 0) is 25.2 Å². The van der Waals surface area contributed by atoms with Gasteiger partial charge in [0, 0.05) is 18.2 Å². The fourth-order valence-corrected chi connectivity index (χ4v) is 3.92. The van der Waals surface area contributed by atoms with Crippen molar-refractivity contribution in [2.24, 2.45) is 7.05 Å². The number of aryl methyl sites for hydroxylation is 1. The van der Waals surface area contributed by atoms with Crippen LogP contribution in [0.5, 0.6) is 5.75 Å². The summed E-state index contributed by atoms with van der Waals surface area (Å²) in [6, 6.07) is 16.8. The van der Waals surface area contributed by atoms with Crippen molar-refractivity contribution in [1.82, 2.24) is 9.55 Å².